The summed E-state index contributed by atoms with van der Waals surface area (Å²) in [7, 11) is 0. The van der Waals surface area contributed by atoms with Gasteiger partial charge < -0.3 is 4.74 Å². The van der Waals surface area contributed by atoms with E-state index in [4.69, 9.17) is 4.74 Å². The Bertz CT molecular complexity index is 915. The van der Waals surface area contributed by atoms with Gasteiger partial charge in [0.1, 0.15) is 5.75 Å². The largest absolute Gasteiger partial charge is 0.483 e. The van der Waals surface area contributed by atoms with E-state index in [-0.39, 0.29) is 12.5 Å². The van der Waals surface area contributed by atoms with E-state index in [9.17, 15) is 4.79 Å². The summed E-state index contributed by atoms with van der Waals surface area (Å²) in [5.74, 6) is 0.549. The SMILES string of the molecule is Cc1cc(C)c(C)c(OCC(=O)Nc2nc3c(C)cccc3s2)c1. The molecule has 1 aromatic heterocycles. The lowest BCUT2D eigenvalue weighted by Crippen LogP contribution is -2.20. The molecule has 0 atom stereocenters. The van der Waals surface area contributed by atoms with Crippen molar-refractivity contribution in [3.8, 4) is 5.75 Å². The average molecular weight is 340 g/mol. The van der Waals surface area contributed by atoms with E-state index >= 15 is 0 Å². The molecular formula is C19H20N2O2S. The molecule has 0 saturated carbocycles. The Morgan fingerprint density at radius 1 is 1.17 bits per heavy atom. The normalized spacial score (nSPS) is 10.8. The van der Waals surface area contributed by atoms with Crippen LogP contribution in [0.2, 0.25) is 0 Å². The van der Waals surface area contributed by atoms with Crippen LogP contribution in [0.4, 0.5) is 5.13 Å². The molecule has 0 radical (unpaired) electrons. The molecule has 4 nitrogen and oxygen atoms in total. The molecular weight excluding hydrogens is 320 g/mol. The number of hydrogen-bond acceptors (Lipinski definition) is 4. The van der Waals surface area contributed by atoms with Gasteiger partial charge in [0.15, 0.2) is 11.7 Å². The van der Waals surface area contributed by atoms with E-state index in [1.807, 2.05) is 52.0 Å². The molecule has 124 valence electrons. The van der Waals surface area contributed by atoms with Crippen molar-refractivity contribution in [2.24, 2.45) is 0 Å². The fraction of sp³-hybridized carbons (Fsp3) is 0.263. The van der Waals surface area contributed by atoms with E-state index in [0.717, 1.165) is 38.2 Å². The Balaban J connectivity index is 1.68. The van der Waals surface area contributed by atoms with Crippen molar-refractivity contribution in [2.75, 3.05) is 11.9 Å². The van der Waals surface area contributed by atoms with Crippen LogP contribution in [0.25, 0.3) is 10.2 Å². The van der Waals surface area contributed by atoms with Crippen LogP contribution in [-0.2, 0) is 4.79 Å². The first-order valence-electron chi connectivity index (χ1n) is 7.80. The summed E-state index contributed by atoms with van der Waals surface area (Å²) in [5, 5.41) is 3.42. The van der Waals surface area contributed by atoms with Gasteiger partial charge in [-0.3, -0.25) is 10.1 Å². The molecule has 0 saturated heterocycles. The van der Waals surface area contributed by atoms with Crippen LogP contribution in [0.1, 0.15) is 22.3 Å². The van der Waals surface area contributed by atoms with Gasteiger partial charge in [-0.2, -0.15) is 0 Å². The first-order valence-corrected chi connectivity index (χ1v) is 8.62. The molecule has 3 rings (SSSR count). The van der Waals surface area contributed by atoms with Crippen LogP contribution in [0.3, 0.4) is 0 Å². The fourth-order valence-electron chi connectivity index (χ4n) is 2.59. The van der Waals surface area contributed by atoms with Gasteiger partial charge in [0, 0.05) is 0 Å². The van der Waals surface area contributed by atoms with Gasteiger partial charge in [-0.25, -0.2) is 4.98 Å². The molecule has 1 N–H and O–H groups in total. The zero-order valence-electron chi connectivity index (χ0n) is 14.3. The van der Waals surface area contributed by atoms with Crippen LogP contribution in [-0.4, -0.2) is 17.5 Å². The molecule has 0 aliphatic carbocycles. The number of thiazole rings is 1. The first-order chi connectivity index (χ1) is 11.4. The van der Waals surface area contributed by atoms with Crippen LogP contribution in [0, 0.1) is 27.7 Å². The summed E-state index contributed by atoms with van der Waals surface area (Å²) >= 11 is 1.47. The summed E-state index contributed by atoms with van der Waals surface area (Å²) in [6.07, 6.45) is 0. The summed E-state index contributed by atoms with van der Waals surface area (Å²) in [4.78, 5) is 16.6. The first kappa shape index (κ1) is 16.5. The van der Waals surface area contributed by atoms with E-state index < -0.39 is 0 Å². The lowest BCUT2D eigenvalue weighted by atomic mass is 10.1. The molecule has 0 unspecified atom stereocenters. The van der Waals surface area contributed by atoms with Crippen LogP contribution < -0.4 is 10.1 Å². The van der Waals surface area contributed by atoms with Gasteiger partial charge in [-0.1, -0.05) is 29.5 Å². The molecule has 1 heterocycles. The number of hydrogen-bond donors (Lipinski definition) is 1. The summed E-state index contributed by atoms with van der Waals surface area (Å²) < 4.78 is 6.76. The van der Waals surface area contributed by atoms with Crippen molar-refractivity contribution in [1.29, 1.82) is 0 Å². The summed E-state index contributed by atoms with van der Waals surface area (Å²) in [5.41, 5.74) is 5.38. The Hall–Kier alpha value is -2.40. The van der Waals surface area contributed by atoms with E-state index in [0.29, 0.717) is 5.13 Å². The maximum absolute atomic E-state index is 12.2. The maximum Gasteiger partial charge on any atom is 0.264 e. The summed E-state index contributed by atoms with van der Waals surface area (Å²) in [6, 6.07) is 10.1. The number of carbonyl (C=O) groups excluding carboxylic acids is 1. The van der Waals surface area contributed by atoms with Crippen molar-refractivity contribution < 1.29 is 9.53 Å². The van der Waals surface area contributed by atoms with Crippen molar-refractivity contribution in [2.45, 2.75) is 27.7 Å². The summed E-state index contributed by atoms with van der Waals surface area (Å²) in [6.45, 7) is 8.04. The lowest BCUT2D eigenvalue weighted by molar-refractivity contribution is -0.118. The van der Waals surface area contributed by atoms with Crippen LogP contribution in [0.5, 0.6) is 5.75 Å². The number of anilines is 1. The standard InChI is InChI=1S/C19H20N2O2S/c1-11-8-13(3)14(4)15(9-11)23-10-17(22)20-19-21-18-12(2)6-5-7-16(18)24-19/h5-9H,10H2,1-4H3,(H,20,21,22). The fourth-order valence-corrected chi connectivity index (χ4v) is 3.55. The smallest absolute Gasteiger partial charge is 0.264 e. The number of amides is 1. The number of ether oxygens (including phenoxy) is 1. The Morgan fingerprint density at radius 3 is 2.71 bits per heavy atom. The highest BCUT2D eigenvalue weighted by molar-refractivity contribution is 7.22. The van der Waals surface area contributed by atoms with Crippen molar-refractivity contribution in [3.63, 3.8) is 0 Å². The minimum absolute atomic E-state index is 0.0291. The van der Waals surface area contributed by atoms with Crippen molar-refractivity contribution in [1.82, 2.24) is 4.98 Å². The number of aryl methyl sites for hydroxylation is 3. The predicted molar refractivity (Wildman–Crippen MR) is 99.1 cm³/mol. The molecule has 3 aromatic rings. The number of fused-ring (bicyclic) bond motifs is 1. The number of nitrogens with zero attached hydrogens (tertiary/aromatic N) is 1. The second kappa shape index (κ2) is 6.61. The van der Waals surface area contributed by atoms with E-state index in [1.165, 1.54) is 11.3 Å². The number of nitrogens with one attached hydrogen (secondary N) is 1. The van der Waals surface area contributed by atoms with Gasteiger partial charge in [-0.05, 0) is 62.1 Å². The second-order valence-corrected chi connectivity index (χ2v) is 7.01. The minimum Gasteiger partial charge on any atom is -0.483 e. The number of carbonyl (C=O) groups is 1. The molecule has 0 bridgehead atoms. The Morgan fingerprint density at radius 2 is 1.96 bits per heavy atom. The Labute approximate surface area is 145 Å². The number of para-hydroxylation sites is 1. The van der Waals surface area contributed by atoms with Gasteiger partial charge in [0.2, 0.25) is 0 Å². The average Bonchev–Trinajstić information content (AvgIpc) is 2.93. The molecule has 24 heavy (non-hydrogen) atoms. The maximum atomic E-state index is 12.2. The van der Waals surface area contributed by atoms with Gasteiger partial charge in [0.25, 0.3) is 5.91 Å². The topological polar surface area (TPSA) is 51.2 Å². The highest BCUT2D eigenvalue weighted by Gasteiger charge is 2.11. The molecule has 5 heteroatoms. The third-order valence-corrected chi connectivity index (χ3v) is 4.93. The molecule has 0 aliphatic rings. The van der Waals surface area contributed by atoms with Gasteiger partial charge in [0.05, 0.1) is 10.2 Å². The van der Waals surface area contributed by atoms with Crippen LogP contribution >= 0.6 is 11.3 Å². The Kier molecular flexibility index (Phi) is 4.53. The number of aromatic nitrogens is 1. The zero-order valence-corrected chi connectivity index (χ0v) is 15.1. The third kappa shape index (κ3) is 3.41. The molecule has 0 fully saturated rings. The van der Waals surface area contributed by atoms with Crippen molar-refractivity contribution >= 4 is 32.6 Å². The van der Waals surface area contributed by atoms with E-state index in [2.05, 4.69) is 16.4 Å². The highest BCUT2D eigenvalue weighted by atomic mass is 32.1. The zero-order chi connectivity index (χ0) is 17.3. The highest BCUT2D eigenvalue weighted by Crippen LogP contribution is 2.28. The third-order valence-electron chi connectivity index (χ3n) is 3.99. The molecule has 0 aliphatic heterocycles. The lowest BCUT2D eigenvalue weighted by Gasteiger charge is -2.11. The number of rotatable bonds is 4. The van der Waals surface area contributed by atoms with E-state index in [1.54, 1.807) is 0 Å². The minimum atomic E-state index is -0.203. The number of benzene rings is 2. The van der Waals surface area contributed by atoms with Gasteiger partial charge >= 0.3 is 0 Å². The monoisotopic (exact) mass is 340 g/mol. The second-order valence-electron chi connectivity index (χ2n) is 5.98. The van der Waals surface area contributed by atoms with Crippen molar-refractivity contribution in [3.05, 3.63) is 52.6 Å². The molecule has 2 aromatic carbocycles. The quantitative estimate of drug-likeness (QED) is 0.758. The molecule has 1 amide bonds. The van der Waals surface area contributed by atoms with Crippen LogP contribution in [0.15, 0.2) is 30.3 Å². The predicted octanol–water partition coefficient (Wildman–Crippen LogP) is 4.55. The molecule has 0 spiro atoms. The van der Waals surface area contributed by atoms with Gasteiger partial charge in [-0.15, -0.1) is 0 Å².